The van der Waals surface area contributed by atoms with E-state index < -0.39 is 5.91 Å². The molecule has 1 aliphatic rings. The van der Waals surface area contributed by atoms with Gasteiger partial charge < -0.3 is 31.3 Å². The third kappa shape index (κ3) is 8.27. The molecule has 1 aromatic carbocycles. The number of ether oxygens (including phenoxy) is 1. The van der Waals surface area contributed by atoms with Crippen molar-refractivity contribution in [1.82, 2.24) is 30.1 Å². The summed E-state index contributed by atoms with van der Waals surface area (Å²) in [5, 5.41) is 2.96. The first-order chi connectivity index (χ1) is 19.3. The van der Waals surface area contributed by atoms with E-state index in [1.807, 2.05) is 36.4 Å². The fourth-order valence-electron chi connectivity index (χ4n) is 4.60. The number of likely N-dealkylation sites (N-methyl/N-ethyl adjacent to an activating group) is 1. The van der Waals surface area contributed by atoms with Gasteiger partial charge in [-0.2, -0.15) is 0 Å². The number of pyridine rings is 1. The highest BCUT2D eigenvalue weighted by molar-refractivity contribution is 6.31. The van der Waals surface area contributed by atoms with Crippen molar-refractivity contribution in [2.75, 3.05) is 44.8 Å². The average molecular weight is 567 g/mol. The zero-order chi connectivity index (χ0) is 28.5. The van der Waals surface area contributed by atoms with E-state index in [1.165, 1.54) is 5.56 Å². The van der Waals surface area contributed by atoms with E-state index in [4.69, 9.17) is 27.8 Å². The minimum atomic E-state index is -0.400. The van der Waals surface area contributed by atoms with Gasteiger partial charge in [0.15, 0.2) is 29.1 Å². The molecule has 0 bridgehead atoms. The first-order valence-electron chi connectivity index (χ1n) is 13.2. The topological polar surface area (TPSA) is 153 Å². The summed E-state index contributed by atoms with van der Waals surface area (Å²) >= 11 is 5.91. The van der Waals surface area contributed by atoms with Crippen molar-refractivity contribution in [3.63, 3.8) is 0 Å². The van der Waals surface area contributed by atoms with Crippen molar-refractivity contribution in [3.05, 3.63) is 70.8 Å². The normalized spacial score (nSPS) is 15.4. The lowest BCUT2D eigenvalue weighted by Crippen LogP contribution is -2.48. The quantitative estimate of drug-likeness (QED) is 0.318. The Morgan fingerprint density at radius 3 is 2.60 bits per heavy atom. The van der Waals surface area contributed by atoms with Crippen LogP contribution >= 0.6 is 11.6 Å². The first kappa shape index (κ1) is 29.0. The van der Waals surface area contributed by atoms with Crippen molar-refractivity contribution in [2.45, 2.75) is 38.3 Å². The summed E-state index contributed by atoms with van der Waals surface area (Å²) in [4.78, 5) is 40.9. The van der Waals surface area contributed by atoms with Gasteiger partial charge in [0.1, 0.15) is 5.75 Å². The number of benzene rings is 1. The second kappa shape index (κ2) is 13.9. The fourth-order valence-corrected chi connectivity index (χ4v) is 4.73. The summed E-state index contributed by atoms with van der Waals surface area (Å²) in [6.07, 6.45) is 7.17. The number of hydrogen-bond acceptors (Lipinski definition) is 9. The van der Waals surface area contributed by atoms with E-state index in [2.05, 4.69) is 25.2 Å². The lowest BCUT2D eigenvalue weighted by molar-refractivity contribution is -0.132. The largest absolute Gasteiger partial charge is 0.484 e. The molecule has 3 heterocycles. The maximum Gasteiger partial charge on any atom is 0.274 e. The van der Waals surface area contributed by atoms with Crippen LogP contribution in [0.5, 0.6) is 5.75 Å². The Hall–Kier alpha value is -3.96. The van der Waals surface area contributed by atoms with Gasteiger partial charge in [0.2, 0.25) is 0 Å². The fraction of sp³-hybridized carbons (Fsp3) is 0.393. The van der Waals surface area contributed by atoms with Gasteiger partial charge in [0.05, 0.1) is 0 Å². The third-order valence-corrected chi connectivity index (χ3v) is 7.06. The molecule has 0 radical (unpaired) electrons. The number of piperidine rings is 1. The van der Waals surface area contributed by atoms with Gasteiger partial charge in [-0.3, -0.25) is 14.6 Å². The summed E-state index contributed by atoms with van der Waals surface area (Å²) in [6, 6.07) is 11.6. The zero-order valence-electron chi connectivity index (χ0n) is 22.6. The number of nitrogens with two attached hydrogens (primary N) is 2. The molecule has 2 amide bonds. The monoisotopic (exact) mass is 566 g/mol. The van der Waals surface area contributed by atoms with Crippen molar-refractivity contribution in [3.8, 4) is 5.75 Å². The molecule has 1 saturated heterocycles. The smallest absolute Gasteiger partial charge is 0.274 e. The highest BCUT2D eigenvalue weighted by atomic mass is 35.5. The molecular formula is C28H35ClN8O3. The molecule has 1 fully saturated rings. The molecule has 0 saturated carbocycles. The Bertz CT molecular complexity index is 1290. The predicted octanol–water partition coefficient (Wildman–Crippen LogP) is 2.55. The van der Waals surface area contributed by atoms with Crippen LogP contribution in [0.25, 0.3) is 0 Å². The lowest BCUT2D eigenvalue weighted by Gasteiger charge is -2.33. The minimum absolute atomic E-state index is 0.00235. The molecule has 3 aromatic rings. The number of aromatic nitrogens is 3. The number of nitrogen functional groups attached to an aromatic ring is 2. The minimum Gasteiger partial charge on any atom is -0.484 e. The van der Waals surface area contributed by atoms with Gasteiger partial charge in [-0.25, -0.2) is 9.97 Å². The third-order valence-electron chi connectivity index (χ3n) is 6.78. The molecule has 212 valence electrons. The number of carbonyl (C=O) groups excluding carboxylic acids is 2. The van der Waals surface area contributed by atoms with Crippen LogP contribution in [-0.4, -0.2) is 75.9 Å². The number of amides is 2. The van der Waals surface area contributed by atoms with Gasteiger partial charge in [-0.1, -0.05) is 23.7 Å². The van der Waals surface area contributed by atoms with E-state index in [1.54, 1.807) is 24.3 Å². The number of halogens is 1. The maximum atomic E-state index is 12.7. The summed E-state index contributed by atoms with van der Waals surface area (Å²) in [7, 11) is 1.76. The van der Waals surface area contributed by atoms with Gasteiger partial charge in [-0.05, 0) is 74.2 Å². The van der Waals surface area contributed by atoms with Crippen molar-refractivity contribution in [2.24, 2.45) is 0 Å². The summed E-state index contributed by atoms with van der Waals surface area (Å²) in [5.41, 5.74) is 13.6. The van der Waals surface area contributed by atoms with Crippen LogP contribution in [0.2, 0.25) is 5.15 Å². The number of nitrogens with one attached hydrogen (secondary N) is 1. The molecule has 40 heavy (non-hydrogen) atoms. The molecule has 12 heteroatoms. The maximum absolute atomic E-state index is 12.7. The van der Waals surface area contributed by atoms with E-state index in [9.17, 15) is 9.59 Å². The van der Waals surface area contributed by atoms with Crippen LogP contribution in [0.1, 0.15) is 40.9 Å². The number of carbonyl (C=O) groups is 2. The number of hydrogen-bond donors (Lipinski definition) is 3. The summed E-state index contributed by atoms with van der Waals surface area (Å²) in [6.45, 7) is 3.14. The highest BCUT2D eigenvalue weighted by Gasteiger charge is 2.24. The summed E-state index contributed by atoms with van der Waals surface area (Å²) < 4.78 is 5.70. The molecule has 1 unspecified atom stereocenters. The molecule has 1 aliphatic heterocycles. The Labute approximate surface area is 238 Å². The number of anilines is 2. The lowest BCUT2D eigenvalue weighted by atomic mass is 10.0. The Balaban J connectivity index is 1.17. The van der Waals surface area contributed by atoms with Crippen LogP contribution < -0.4 is 21.5 Å². The van der Waals surface area contributed by atoms with E-state index >= 15 is 0 Å². The Kier molecular flexibility index (Phi) is 10.1. The number of rotatable bonds is 11. The van der Waals surface area contributed by atoms with Crippen LogP contribution in [0.15, 0.2) is 48.8 Å². The van der Waals surface area contributed by atoms with Crippen LogP contribution in [-0.2, 0) is 17.8 Å². The van der Waals surface area contributed by atoms with Gasteiger partial charge in [-0.15, -0.1) is 0 Å². The van der Waals surface area contributed by atoms with E-state index in [-0.39, 0.29) is 41.0 Å². The molecular weight excluding hydrogens is 532 g/mol. The molecule has 0 spiro atoms. The standard InChI is InChI=1S/C28H35ClN8O3/c1-36(16-20-10-12-32-13-11-20)23(38)18-40-22-8-6-19(7-9-22)4-2-14-37-15-3-5-21(17-37)33-28(39)24-26(30)35-27(31)25(29)34-24/h6-13,21H,2-5,14-18H2,1H3,(H,33,39)(H4,30,31,35). The van der Waals surface area contributed by atoms with Crippen molar-refractivity contribution in [1.29, 1.82) is 0 Å². The van der Waals surface area contributed by atoms with E-state index in [0.717, 1.165) is 50.9 Å². The number of nitrogens with zero attached hydrogens (tertiary/aromatic N) is 5. The molecule has 5 N–H and O–H groups in total. The van der Waals surface area contributed by atoms with Crippen LogP contribution in [0.3, 0.4) is 0 Å². The first-order valence-corrected chi connectivity index (χ1v) is 13.6. The van der Waals surface area contributed by atoms with Crippen molar-refractivity contribution >= 4 is 35.1 Å². The summed E-state index contributed by atoms with van der Waals surface area (Å²) in [5.74, 6) is 0.131. The van der Waals surface area contributed by atoms with Crippen LogP contribution in [0.4, 0.5) is 11.6 Å². The number of likely N-dealkylation sites (tertiary alicyclic amines) is 1. The van der Waals surface area contributed by atoms with Crippen LogP contribution in [0, 0.1) is 0 Å². The Morgan fingerprint density at radius 1 is 1.10 bits per heavy atom. The molecule has 4 rings (SSSR count). The molecule has 0 aliphatic carbocycles. The average Bonchev–Trinajstić information content (AvgIpc) is 2.95. The second-order valence-electron chi connectivity index (χ2n) is 9.89. The second-order valence-corrected chi connectivity index (χ2v) is 10.2. The molecule has 11 nitrogen and oxygen atoms in total. The van der Waals surface area contributed by atoms with Gasteiger partial charge in [0.25, 0.3) is 11.8 Å². The predicted molar refractivity (Wildman–Crippen MR) is 154 cm³/mol. The molecule has 1 atom stereocenters. The van der Waals surface area contributed by atoms with E-state index in [0.29, 0.717) is 12.3 Å². The van der Waals surface area contributed by atoms with Gasteiger partial charge >= 0.3 is 0 Å². The number of aryl methyl sites for hydroxylation is 1. The SMILES string of the molecule is CN(Cc1ccncc1)C(=O)COc1ccc(CCCN2CCCC(NC(=O)c3nc(Cl)c(N)nc3N)C2)cc1. The zero-order valence-corrected chi connectivity index (χ0v) is 23.3. The van der Waals surface area contributed by atoms with Gasteiger partial charge in [0, 0.05) is 38.6 Å². The van der Waals surface area contributed by atoms with Crippen molar-refractivity contribution < 1.29 is 14.3 Å². The highest BCUT2D eigenvalue weighted by Crippen LogP contribution is 2.19. The Morgan fingerprint density at radius 2 is 1.85 bits per heavy atom. The molecule has 2 aromatic heterocycles.